The van der Waals surface area contributed by atoms with Crippen LogP contribution in [0, 0.1) is 5.92 Å². The van der Waals surface area contributed by atoms with Gasteiger partial charge in [0.2, 0.25) is 5.91 Å². The third-order valence-electron chi connectivity index (χ3n) is 3.02. The minimum atomic E-state index is -0.835. The number of carbonyl (C=O) groups is 2. The zero-order valence-electron chi connectivity index (χ0n) is 11.5. The first-order valence-corrected chi connectivity index (χ1v) is 6.58. The van der Waals surface area contributed by atoms with Crippen molar-refractivity contribution in [3.63, 3.8) is 0 Å². The molecule has 4 nitrogen and oxygen atoms in total. The number of aryl methyl sites for hydroxylation is 1. The molecule has 1 atom stereocenters. The molecule has 0 bridgehead atoms. The van der Waals surface area contributed by atoms with Gasteiger partial charge in [-0.2, -0.15) is 0 Å². The Morgan fingerprint density at radius 2 is 1.89 bits per heavy atom. The number of benzene rings is 1. The number of aliphatic carboxylic acids is 1. The van der Waals surface area contributed by atoms with E-state index in [1.54, 1.807) is 0 Å². The minimum Gasteiger partial charge on any atom is -0.481 e. The summed E-state index contributed by atoms with van der Waals surface area (Å²) in [6.45, 7) is 4.28. The van der Waals surface area contributed by atoms with Gasteiger partial charge in [-0.15, -0.1) is 0 Å². The molecule has 1 aromatic carbocycles. The van der Waals surface area contributed by atoms with E-state index in [1.807, 2.05) is 31.2 Å². The van der Waals surface area contributed by atoms with Crippen molar-refractivity contribution in [2.45, 2.75) is 33.1 Å². The summed E-state index contributed by atoms with van der Waals surface area (Å²) in [4.78, 5) is 22.3. The second kappa shape index (κ2) is 7.56. The first-order chi connectivity index (χ1) is 9.02. The Morgan fingerprint density at radius 3 is 2.47 bits per heavy atom. The topological polar surface area (TPSA) is 66.4 Å². The van der Waals surface area contributed by atoms with E-state index in [4.69, 9.17) is 5.11 Å². The van der Waals surface area contributed by atoms with E-state index in [2.05, 4.69) is 12.2 Å². The summed E-state index contributed by atoms with van der Waals surface area (Å²) in [5, 5.41) is 11.4. The fourth-order valence-corrected chi connectivity index (χ4v) is 1.97. The fourth-order valence-electron chi connectivity index (χ4n) is 1.97. The highest BCUT2D eigenvalue weighted by Crippen LogP contribution is 2.10. The monoisotopic (exact) mass is 263 g/mol. The van der Waals surface area contributed by atoms with Gasteiger partial charge in [0.25, 0.3) is 0 Å². The lowest BCUT2D eigenvalue weighted by molar-refractivity contribution is -0.138. The number of carboxylic acids is 1. The molecule has 0 aliphatic heterocycles. The zero-order chi connectivity index (χ0) is 14.3. The maximum Gasteiger partial charge on any atom is 0.303 e. The summed E-state index contributed by atoms with van der Waals surface area (Å²) < 4.78 is 0. The molecule has 0 saturated heterocycles. The maximum absolute atomic E-state index is 11.8. The largest absolute Gasteiger partial charge is 0.481 e. The average molecular weight is 263 g/mol. The summed E-state index contributed by atoms with van der Waals surface area (Å²) in [6.07, 6.45) is 1.33. The average Bonchev–Trinajstić information content (AvgIpc) is 2.36. The number of amides is 1. The first kappa shape index (κ1) is 15.2. The lowest BCUT2D eigenvalue weighted by atomic mass is 10.0. The molecule has 0 heterocycles. The summed E-state index contributed by atoms with van der Waals surface area (Å²) in [7, 11) is 0. The third-order valence-corrected chi connectivity index (χ3v) is 3.02. The molecule has 4 heteroatoms. The van der Waals surface area contributed by atoms with Gasteiger partial charge >= 0.3 is 5.97 Å². The van der Waals surface area contributed by atoms with Crippen molar-refractivity contribution in [1.29, 1.82) is 0 Å². The fraction of sp³-hybridized carbons (Fsp3) is 0.467. The maximum atomic E-state index is 11.8. The van der Waals surface area contributed by atoms with E-state index in [1.165, 1.54) is 5.56 Å². The Bertz CT molecular complexity index is 443. The Kier molecular flexibility index (Phi) is 6.06. The molecule has 0 aromatic heterocycles. The van der Waals surface area contributed by atoms with Crippen LogP contribution in [0.5, 0.6) is 0 Å². The number of hydrogen-bond donors (Lipinski definition) is 2. The summed E-state index contributed by atoms with van der Waals surface area (Å²) in [5.74, 6) is -0.945. The van der Waals surface area contributed by atoms with E-state index in [-0.39, 0.29) is 18.2 Å². The summed E-state index contributed by atoms with van der Waals surface area (Å²) in [6, 6.07) is 7.87. The van der Waals surface area contributed by atoms with Crippen LogP contribution in [-0.2, 0) is 22.4 Å². The van der Waals surface area contributed by atoms with Gasteiger partial charge in [0.05, 0.1) is 6.42 Å². The van der Waals surface area contributed by atoms with Crippen molar-refractivity contribution in [3.05, 3.63) is 35.4 Å². The van der Waals surface area contributed by atoms with Gasteiger partial charge in [0.1, 0.15) is 0 Å². The molecule has 0 aliphatic carbocycles. The van der Waals surface area contributed by atoms with Gasteiger partial charge in [-0.05, 0) is 23.5 Å². The molecule has 2 N–H and O–H groups in total. The van der Waals surface area contributed by atoms with E-state index in [0.717, 1.165) is 12.0 Å². The minimum absolute atomic E-state index is 0.0529. The van der Waals surface area contributed by atoms with Crippen LogP contribution in [0.3, 0.4) is 0 Å². The second-order valence-corrected chi connectivity index (χ2v) is 4.81. The number of nitrogens with one attached hydrogen (secondary N) is 1. The summed E-state index contributed by atoms with van der Waals surface area (Å²) in [5.41, 5.74) is 2.21. The molecule has 0 saturated carbocycles. The molecule has 0 aliphatic rings. The van der Waals surface area contributed by atoms with Crippen LogP contribution in [-0.4, -0.2) is 23.5 Å². The van der Waals surface area contributed by atoms with Crippen LogP contribution < -0.4 is 5.32 Å². The van der Waals surface area contributed by atoms with Crippen molar-refractivity contribution < 1.29 is 14.7 Å². The highest BCUT2D eigenvalue weighted by molar-refractivity contribution is 5.79. The van der Waals surface area contributed by atoms with Crippen molar-refractivity contribution in [2.75, 3.05) is 6.54 Å². The molecule has 19 heavy (non-hydrogen) atoms. The highest BCUT2D eigenvalue weighted by Gasteiger charge is 2.10. The molecule has 0 spiro atoms. The number of rotatable bonds is 7. The SMILES string of the molecule is CCc1ccccc1CC(=O)NCC(C)CC(=O)O. The number of carboxylic acid groups (broad SMARTS) is 1. The predicted octanol–water partition coefficient (Wildman–Crippen LogP) is 2.02. The standard InChI is InChI=1S/C15H21NO3/c1-3-12-6-4-5-7-13(12)9-14(17)16-10-11(2)8-15(18)19/h4-7,11H,3,8-10H2,1-2H3,(H,16,17)(H,18,19). The van der Waals surface area contributed by atoms with Gasteiger partial charge in [0, 0.05) is 13.0 Å². The Hall–Kier alpha value is -1.84. The van der Waals surface area contributed by atoms with Gasteiger partial charge < -0.3 is 10.4 Å². The molecule has 1 rings (SSSR count). The molecule has 0 fully saturated rings. The van der Waals surface area contributed by atoms with Gasteiger partial charge in [0.15, 0.2) is 0 Å². The smallest absolute Gasteiger partial charge is 0.303 e. The normalized spacial score (nSPS) is 11.9. The molecule has 0 radical (unpaired) electrons. The number of hydrogen-bond acceptors (Lipinski definition) is 2. The van der Waals surface area contributed by atoms with Crippen LogP contribution in [0.1, 0.15) is 31.4 Å². The van der Waals surface area contributed by atoms with Gasteiger partial charge in [-0.25, -0.2) is 0 Å². The summed E-state index contributed by atoms with van der Waals surface area (Å²) >= 11 is 0. The third kappa shape index (κ3) is 5.55. The second-order valence-electron chi connectivity index (χ2n) is 4.81. The zero-order valence-corrected chi connectivity index (χ0v) is 11.5. The molecular weight excluding hydrogens is 242 g/mol. The lowest BCUT2D eigenvalue weighted by Gasteiger charge is -2.11. The highest BCUT2D eigenvalue weighted by atomic mass is 16.4. The van der Waals surface area contributed by atoms with Crippen molar-refractivity contribution >= 4 is 11.9 Å². The Labute approximate surface area is 113 Å². The van der Waals surface area contributed by atoms with Gasteiger partial charge in [-0.3, -0.25) is 9.59 Å². The number of carbonyl (C=O) groups excluding carboxylic acids is 1. The van der Waals surface area contributed by atoms with E-state index in [9.17, 15) is 9.59 Å². The van der Waals surface area contributed by atoms with Crippen molar-refractivity contribution in [2.24, 2.45) is 5.92 Å². The van der Waals surface area contributed by atoms with Crippen LogP contribution in [0.4, 0.5) is 0 Å². The van der Waals surface area contributed by atoms with Crippen molar-refractivity contribution in [3.8, 4) is 0 Å². The molecule has 1 aromatic rings. The molecule has 104 valence electrons. The van der Waals surface area contributed by atoms with Crippen LogP contribution >= 0.6 is 0 Å². The molecule has 1 unspecified atom stereocenters. The van der Waals surface area contributed by atoms with Crippen molar-refractivity contribution in [1.82, 2.24) is 5.32 Å². The van der Waals surface area contributed by atoms with E-state index >= 15 is 0 Å². The van der Waals surface area contributed by atoms with Crippen LogP contribution in [0.25, 0.3) is 0 Å². The van der Waals surface area contributed by atoms with Crippen LogP contribution in [0.15, 0.2) is 24.3 Å². The lowest BCUT2D eigenvalue weighted by Crippen LogP contribution is -2.30. The van der Waals surface area contributed by atoms with Crippen LogP contribution in [0.2, 0.25) is 0 Å². The first-order valence-electron chi connectivity index (χ1n) is 6.58. The van der Waals surface area contributed by atoms with Gasteiger partial charge in [-0.1, -0.05) is 38.1 Å². The van der Waals surface area contributed by atoms with E-state index < -0.39 is 5.97 Å². The molecular formula is C15H21NO3. The Morgan fingerprint density at radius 1 is 1.26 bits per heavy atom. The predicted molar refractivity (Wildman–Crippen MR) is 74.0 cm³/mol. The van der Waals surface area contributed by atoms with E-state index in [0.29, 0.717) is 13.0 Å². The quantitative estimate of drug-likeness (QED) is 0.791. The Balaban J connectivity index is 2.45. The molecule has 1 amide bonds.